The summed E-state index contributed by atoms with van der Waals surface area (Å²) in [6, 6.07) is 13.0. The van der Waals surface area contributed by atoms with Crippen molar-refractivity contribution >= 4 is 23.2 Å². The Morgan fingerprint density at radius 1 is 1.15 bits per heavy atom. The fourth-order valence-electron chi connectivity index (χ4n) is 3.88. The average molecular weight is 483 g/mol. The SMILES string of the molecule is CCOc1ccc([C@H]2CC(c3c(O)n(-c4ccc(Cl)cc4)c(=O)[nH]c3=O)=NN2C(=O)CC)cc1. The maximum atomic E-state index is 12.7. The molecule has 10 heteroatoms. The summed E-state index contributed by atoms with van der Waals surface area (Å²) >= 11 is 5.93. The number of nitrogens with zero attached hydrogens (tertiary/aromatic N) is 3. The van der Waals surface area contributed by atoms with Gasteiger partial charge in [-0.1, -0.05) is 30.7 Å². The first-order valence-electron chi connectivity index (χ1n) is 10.8. The van der Waals surface area contributed by atoms with Gasteiger partial charge in [-0.05, 0) is 48.9 Å². The van der Waals surface area contributed by atoms with E-state index in [0.29, 0.717) is 23.1 Å². The van der Waals surface area contributed by atoms with Crippen LogP contribution in [-0.2, 0) is 4.79 Å². The molecular weight excluding hydrogens is 460 g/mol. The Morgan fingerprint density at radius 3 is 2.44 bits per heavy atom. The zero-order valence-electron chi connectivity index (χ0n) is 18.6. The van der Waals surface area contributed by atoms with E-state index >= 15 is 0 Å². The largest absolute Gasteiger partial charge is 0.494 e. The van der Waals surface area contributed by atoms with Gasteiger partial charge >= 0.3 is 5.69 Å². The lowest BCUT2D eigenvalue weighted by atomic mass is 9.99. The molecule has 2 heterocycles. The summed E-state index contributed by atoms with van der Waals surface area (Å²) < 4.78 is 6.45. The Morgan fingerprint density at radius 2 is 1.82 bits per heavy atom. The van der Waals surface area contributed by atoms with Gasteiger partial charge in [-0.2, -0.15) is 5.10 Å². The third-order valence-electron chi connectivity index (χ3n) is 5.50. The maximum absolute atomic E-state index is 12.7. The highest BCUT2D eigenvalue weighted by Gasteiger charge is 2.35. The second-order valence-electron chi connectivity index (χ2n) is 7.63. The van der Waals surface area contributed by atoms with Crippen molar-refractivity contribution in [3.8, 4) is 17.3 Å². The Kier molecular flexibility index (Phi) is 6.56. The van der Waals surface area contributed by atoms with Crippen molar-refractivity contribution in [2.45, 2.75) is 32.7 Å². The molecule has 0 saturated carbocycles. The summed E-state index contributed by atoms with van der Waals surface area (Å²) in [6.07, 6.45) is 0.381. The van der Waals surface area contributed by atoms with Gasteiger partial charge in [-0.3, -0.25) is 14.6 Å². The monoisotopic (exact) mass is 482 g/mol. The number of hydrazone groups is 1. The number of hydrogen-bond acceptors (Lipinski definition) is 6. The van der Waals surface area contributed by atoms with Crippen molar-refractivity contribution in [3.63, 3.8) is 0 Å². The van der Waals surface area contributed by atoms with Crippen LogP contribution in [0.15, 0.2) is 63.2 Å². The van der Waals surface area contributed by atoms with Gasteiger partial charge in [-0.15, -0.1) is 0 Å². The Balaban J connectivity index is 1.78. The molecule has 9 nitrogen and oxygen atoms in total. The van der Waals surface area contributed by atoms with E-state index in [1.165, 1.54) is 17.1 Å². The van der Waals surface area contributed by atoms with E-state index < -0.39 is 23.2 Å². The van der Waals surface area contributed by atoms with Crippen LogP contribution in [0.5, 0.6) is 11.6 Å². The van der Waals surface area contributed by atoms with Gasteiger partial charge in [0, 0.05) is 17.9 Å². The number of carbonyl (C=O) groups excluding carboxylic acids is 1. The number of aromatic nitrogens is 2. The van der Waals surface area contributed by atoms with Crippen molar-refractivity contribution in [2.75, 3.05) is 6.61 Å². The molecule has 0 radical (unpaired) electrons. The predicted octanol–water partition coefficient (Wildman–Crippen LogP) is 3.37. The number of aromatic hydroxyl groups is 1. The molecule has 3 aromatic rings. The summed E-state index contributed by atoms with van der Waals surface area (Å²) in [5.74, 6) is -0.107. The summed E-state index contributed by atoms with van der Waals surface area (Å²) in [4.78, 5) is 40.1. The molecular formula is C24H23ClN4O5. The summed E-state index contributed by atoms with van der Waals surface area (Å²) in [7, 11) is 0. The minimum Gasteiger partial charge on any atom is -0.494 e. The number of rotatable bonds is 6. The van der Waals surface area contributed by atoms with Crippen molar-refractivity contribution in [1.82, 2.24) is 14.6 Å². The second kappa shape index (κ2) is 9.56. The van der Waals surface area contributed by atoms with Crippen LogP contribution in [-0.4, -0.2) is 37.9 Å². The molecule has 2 N–H and O–H groups in total. The Hall–Kier alpha value is -3.85. The van der Waals surface area contributed by atoms with Crippen molar-refractivity contribution in [1.29, 1.82) is 0 Å². The number of aromatic amines is 1. The first-order valence-corrected chi connectivity index (χ1v) is 11.2. The average Bonchev–Trinajstić information content (AvgIpc) is 3.25. The standard InChI is InChI=1S/C24H23ClN4O5/c1-3-20(30)29-19(14-5-11-17(12-6-14)34-4-2)13-18(27-29)21-22(31)26-24(33)28(23(21)32)16-9-7-15(25)8-10-16/h5-12,19,32H,3-4,13H2,1-2H3,(H,26,31,33)/t19-/m1/s1. The van der Waals surface area contributed by atoms with Crippen LogP contribution < -0.4 is 16.0 Å². The number of H-pyrrole nitrogens is 1. The molecule has 1 aliphatic rings. The number of ether oxygens (including phenoxy) is 1. The number of amides is 1. The number of nitrogens with one attached hydrogen (secondary N) is 1. The van der Waals surface area contributed by atoms with Gasteiger partial charge in [0.1, 0.15) is 11.3 Å². The van der Waals surface area contributed by atoms with Crippen LogP contribution in [0.25, 0.3) is 5.69 Å². The molecule has 0 spiro atoms. The number of hydrogen-bond donors (Lipinski definition) is 2. The van der Waals surface area contributed by atoms with Gasteiger partial charge in [0.2, 0.25) is 11.8 Å². The quantitative estimate of drug-likeness (QED) is 0.558. The third kappa shape index (κ3) is 4.34. The minimum atomic E-state index is -0.809. The van der Waals surface area contributed by atoms with Gasteiger partial charge in [0.15, 0.2) is 0 Å². The topological polar surface area (TPSA) is 117 Å². The Bertz CT molecular complexity index is 1360. The van der Waals surface area contributed by atoms with Crippen LogP contribution in [0.2, 0.25) is 5.02 Å². The summed E-state index contributed by atoms with van der Waals surface area (Å²) in [5, 5.41) is 17.1. The molecule has 1 aromatic heterocycles. The third-order valence-corrected chi connectivity index (χ3v) is 5.76. The van der Waals surface area contributed by atoms with Crippen molar-refractivity contribution in [2.24, 2.45) is 5.10 Å². The molecule has 176 valence electrons. The molecule has 4 rings (SSSR count). The molecule has 1 aliphatic heterocycles. The molecule has 0 fully saturated rings. The molecule has 2 aromatic carbocycles. The van der Waals surface area contributed by atoms with E-state index in [4.69, 9.17) is 16.3 Å². The first kappa shape index (κ1) is 23.3. The Labute approximate surface area is 199 Å². The normalized spacial score (nSPS) is 15.3. The molecule has 0 unspecified atom stereocenters. The number of benzene rings is 2. The van der Waals surface area contributed by atoms with Crippen LogP contribution in [0.3, 0.4) is 0 Å². The number of carbonyl (C=O) groups is 1. The first-order chi connectivity index (χ1) is 16.3. The maximum Gasteiger partial charge on any atom is 0.335 e. The van der Waals surface area contributed by atoms with Crippen molar-refractivity contribution < 1.29 is 14.6 Å². The minimum absolute atomic E-state index is 0.170. The zero-order valence-corrected chi connectivity index (χ0v) is 19.4. The molecule has 0 saturated heterocycles. The number of halogens is 1. The van der Waals surface area contributed by atoms with E-state index in [9.17, 15) is 19.5 Å². The molecule has 0 bridgehead atoms. The van der Waals surface area contributed by atoms with Gasteiger partial charge < -0.3 is 9.84 Å². The highest BCUT2D eigenvalue weighted by Crippen LogP contribution is 2.35. The lowest BCUT2D eigenvalue weighted by molar-refractivity contribution is -0.132. The second-order valence-corrected chi connectivity index (χ2v) is 8.07. The molecule has 0 aliphatic carbocycles. The van der Waals surface area contributed by atoms with Gasteiger partial charge in [-0.25, -0.2) is 14.4 Å². The molecule has 1 amide bonds. The van der Waals surface area contributed by atoms with Gasteiger partial charge in [0.25, 0.3) is 5.56 Å². The van der Waals surface area contributed by atoms with Gasteiger partial charge in [0.05, 0.1) is 24.0 Å². The molecule has 34 heavy (non-hydrogen) atoms. The fourth-order valence-corrected chi connectivity index (χ4v) is 4.01. The lowest BCUT2D eigenvalue weighted by Crippen LogP contribution is -2.33. The fraction of sp³-hybridized carbons (Fsp3) is 0.250. The van der Waals surface area contributed by atoms with Crippen LogP contribution in [0.1, 0.15) is 43.9 Å². The van der Waals surface area contributed by atoms with E-state index in [0.717, 1.165) is 10.1 Å². The van der Waals surface area contributed by atoms with E-state index in [2.05, 4.69) is 10.1 Å². The summed E-state index contributed by atoms with van der Waals surface area (Å²) in [5.41, 5.74) is -0.461. The van der Waals surface area contributed by atoms with E-state index in [-0.39, 0.29) is 30.0 Å². The van der Waals surface area contributed by atoms with Crippen LogP contribution >= 0.6 is 11.6 Å². The zero-order chi connectivity index (χ0) is 24.4. The molecule has 1 atom stereocenters. The summed E-state index contributed by atoms with van der Waals surface area (Å²) in [6.45, 7) is 4.14. The lowest BCUT2D eigenvalue weighted by Gasteiger charge is -2.21. The smallest absolute Gasteiger partial charge is 0.335 e. The van der Waals surface area contributed by atoms with E-state index in [1.807, 2.05) is 19.1 Å². The van der Waals surface area contributed by atoms with E-state index in [1.54, 1.807) is 31.2 Å². The van der Waals surface area contributed by atoms with Crippen molar-refractivity contribution in [3.05, 3.63) is 85.5 Å². The van der Waals surface area contributed by atoms with Crippen LogP contribution in [0, 0.1) is 0 Å². The predicted molar refractivity (Wildman–Crippen MR) is 128 cm³/mol. The van der Waals surface area contributed by atoms with Crippen LogP contribution in [0.4, 0.5) is 0 Å². The highest BCUT2D eigenvalue weighted by atomic mass is 35.5. The highest BCUT2D eigenvalue weighted by molar-refractivity contribution is 6.30.